The molecule has 2 heteroatoms. The second kappa shape index (κ2) is 12.8. The average molecular weight is 283 g/mol. The third kappa shape index (κ3) is 7.86. The van der Waals surface area contributed by atoms with Crippen LogP contribution in [0, 0.1) is 0 Å². The number of hydrogen-bond donors (Lipinski definition) is 0. The van der Waals surface area contributed by atoms with Crippen LogP contribution in [-0.4, -0.2) is 6.08 Å². The standard InChI is InChI=1S/C15H13NO.2C2H6/c17-12-16-15-10-8-14(9-11-15)7-6-13-4-2-1-3-5-13;2*1-2/h1-5,8-11H,6-7H2;2*1-2H3. The number of benzene rings is 2. The molecule has 2 rings (SSSR count). The third-order valence-corrected chi connectivity index (χ3v) is 2.66. The average Bonchev–Trinajstić information content (AvgIpc) is 2.59. The fourth-order valence-corrected chi connectivity index (χ4v) is 1.72. The van der Waals surface area contributed by atoms with Crippen molar-refractivity contribution in [1.29, 1.82) is 0 Å². The van der Waals surface area contributed by atoms with E-state index in [0.717, 1.165) is 12.8 Å². The molecule has 0 unspecified atom stereocenters. The Morgan fingerprint density at radius 1 is 0.762 bits per heavy atom. The van der Waals surface area contributed by atoms with Gasteiger partial charge in [-0.2, -0.15) is 4.99 Å². The van der Waals surface area contributed by atoms with E-state index in [1.54, 1.807) is 0 Å². The van der Waals surface area contributed by atoms with Crippen molar-refractivity contribution in [2.24, 2.45) is 4.99 Å². The fourth-order valence-electron chi connectivity index (χ4n) is 1.72. The van der Waals surface area contributed by atoms with Crippen molar-refractivity contribution in [3.8, 4) is 0 Å². The highest BCUT2D eigenvalue weighted by Gasteiger charge is 1.95. The Balaban J connectivity index is 0.000000921. The number of hydrogen-bond acceptors (Lipinski definition) is 2. The normalized spacial score (nSPS) is 8.38. The molecule has 0 radical (unpaired) electrons. The highest BCUT2D eigenvalue weighted by molar-refractivity contribution is 5.49. The van der Waals surface area contributed by atoms with Crippen LogP contribution in [0.1, 0.15) is 38.8 Å². The van der Waals surface area contributed by atoms with Crippen LogP contribution in [0.15, 0.2) is 59.6 Å². The maximum Gasteiger partial charge on any atom is 0.240 e. The summed E-state index contributed by atoms with van der Waals surface area (Å²) in [7, 11) is 0. The second-order valence-electron chi connectivity index (χ2n) is 3.86. The minimum absolute atomic E-state index is 0.656. The van der Waals surface area contributed by atoms with E-state index in [-0.39, 0.29) is 0 Å². The Kier molecular flexibility index (Phi) is 11.5. The molecule has 0 saturated carbocycles. The zero-order chi connectivity index (χ0) is 15.9. The Bertz CT molecular complexity index is 511. The van der Waals surface area contributed by atoms with E-state index in [1.165, 1.54) is 17.2 Å². The maximum atomic E-state index is 10.1. The number of aliphatic imine (C=N–C) groups is 1. The van der Waals surface area contributed by atoms with Crippen LogP contribution in [0.3, 0.4) is 0 Å². The molecule has 21 heavy (non-hydrogen) atoms. The number of rotatable bonds is 4. The number of carbonyl (C=O) groups excluding carboxylic acids is 1. The van der Waals surface area contributed by atoms with Gasteiger partial charge in [-0.1, -0.05) is 70.2 Å². The first-order valence-electron chi connectivity index (χ1n) is 7.59. The van der Waals surface area contributed by atoms with Gasteiger partial charge < -0.3 is 0 Å². The largest absolute Gasteiger partial charge is 0.240 e. The summed E-state index contributed by atoms with van der Waals surface area (Å²) in [6, 6.07) is 18.1. The van der Waals surface area contributed by atoms with E-state index >= 15 is 0 Å². The van der Waals surface area contributed by atoms with Crippen LogP contribution in [-0.2, 0) is 17.6 Å². The molecule has 0 aromatic heterocycles. The van der Waals surface area contributed by atoms with E-state index < -0.39 is 0 Å². The molecule has 0 heterocycles. The monoisotopic (exact) mass is 283 g/mol. The van der Waals surface area contributed by atoms with E-state index in [2.05, 4.69) is 29.3 Å². The summed E-state index contributed by atoms with van der Waals surface area (Å²) in [6.45, 7) is 8.00. The van der Waals surface area contributed by atoms with Gasteiger partial charge in [0.2, 0.25) is 6.08 Å². The summed E-state index contributed by atoms with van der Waals surface area (Å²) in [5.41, 5.74) is 3.24. The van der Waals surface area contributed by atoms with E-state index in [4.69, 9.17) is 0 Å². The molecule has 2 aromatic carbocycles. The van der Waals surface area contributed by atoms with Crippen molar-refractivity contribution in [3.05, 3.63) is 65.7 Å². The van der Waals surface area contributed by atoms with E-state index in [9.17, 15) is 4.79 Å². The molecule has 0 aliphatic rings. The highest BCUT2D eigenvalue weighted by atomic mass is 16.1. The lowest BCUT2D eigenvalue weighted by Gasteiger charge is -2.02. The van der Waals surface area contributed by atoms with Crippen molar-refractivity contribution in [2.75, 3.05) is 0 Å². The van der Waals surface area contributed by atoms with Gasteiger partial charge in [0.05, 0.1) is 5.69 Å². The van der Waals surface area contributed by atoms with Gasteiger partial charge in [0, 0.05) is 0 Å². The van der Waals surface area contributed by atoms with Crippen molar-refractivity contribution >= 4 is 11.8 Å². The molecule has 0 fully saturated rings. The summed E-state index contributed by atoms with van der Waals surface area (Å²) in [5.74, 6) is 0. The molecule has 2 aromatic rings. The van der Waals surface area contributed by atoms with Crippen molar-refractivity contribution in [1.82, 2.24) is 0 Å². The summed E-state index contributed by atoms with van der Waals surface area (Å²) >= 11 is 0. The first-order chi connectivity index (χ1) is 10.4. The van der Waals surface area contributed by atoms with Gasteiger partial charge >= 0.3 is 0 Å². The molecule has 0 atom stereocenters. The topological polar surface area (TPSA) is 29.4 Å². The second-order valence-corrected chi connectivity index (χ2v) is 3.86. The maximum absolute atomic E-state index is 10.1. The van der Waals surface area contributed by atoms with Gasteiger partial charge in [0.15, 0.2) is 0 Å². The Morgan fingerprint density at radius 2 is 1.24 bits per heavy atom. The summed E-state index contributed by atoms with van der Waals surface area (Å²) < 4.78 is 0. The van der Waals surface area contributed by atoms with Crippen LogP contribution >= 0.6 is 0 Å². The smallest absolute Gasteiger partial charge is 0.211 e. The molecule has 0 amide bonds. The fraction of sp³-hybridized carbons (Fsp3) is 0.316. The van der Waals surface area contributed by atoms with Gasteiger partial charge in [-0.05, 0) is 36.1 Å². The Morgan fingerprint density at radius 3 is 1.71 bits per heavy atom. The summed E-state index contributed by atoms with van der Waals surface area (Å²) in [6.07, 6.45) is 3.56. The molecule has 0 saturated heterocycles. The lowest BCUT2D eigenvalue weighted by molar-refractivity contribution is 0.565. The Labute approximate surface area is 128 Å². The number of isocyanates is 1. The molecule has 0 aliphatic carbocycles. The quantitative estimate of drug-likeness (QED) is 0.538. The molecule has 0 N–H and O–H groups in total. The van der Waals surface area contributed by atoms with Crippen molar-refractivity contribution < 1.29 is 4.79 Å². The first-order valence-corrected chi connectivity index (χ1v) is 7.59. The van der Waals surface area contributed by atoms with Crippen LogP contribution in [0.4, 0.5) is 5.69 Å². The molecular weight excluding hydrogens is 258 g/mol. The van der Waals surface area contributed by atoms with Gasteiger partial charge in [0.25, 0.3) is 0 Å². The predicted octanol–water partition coefficient (Wildman–Crippen LogP) is 5.49. The minimum atomic E-state index is 0.656. The molecule has 2 nitrogen and oxygen atoms in total. The van der Waals surface area contributed by atoms with Crippen molar-refractivity contribution in [3.63, 3.8) is 0 Å². The SMILES string of the molecule is CC.CC.O=C=Nc1ccc(CCc2ccccc2)cc1. The van der Waals surface area contributed by atoms with Gasteiger partial charge in [-0.25, -0.2) is 4.79 Å². The van der Waals surface area contributed by atoms with Gasteiger partial charge in [-0.15, -0.1) is 0 Å². The molecule has 0 bridgehead atoms. The summed E-state index contributed by atoms with van der Waals surface area (Å²) in [4.78, 5) is 13.6. The van der Waals surface area contributed by atoms with Gasteiger partial charge in [0.1, 0.15) is 0 Å². The van der Waals surface area contributed by atoms with Crippen LogP contribution < -0.4 is 0 Å². The molecular formula is C19H25NO. The predicted molar refractivity (Wildman–Crippen MR) is 90.8 cm³/mol. The van der Waals surface area contributed by atoms with E-state index in [1.807, 2.05) is 58.0 Å². The third-order valence-electron chi connectivity index (χ3n) is 2.66. The van der Waals surface area contributed by atoms with Gasteiger partial charge in [-0.3, -0.25) is 0 Å². The van der Waals surface area contributed by atoms with Crippen LogP contribution in [0.5, 0.6) is 0 Å². The lowest BCUT2D eigenvalue weighted by atomic mass is 10.0. The van der Waals surface area contributed by atoms with Crippen LogP contribution in [0.2, 0.25) is 0 Å². The Hall–Kier alpha value is -2.18. The van der Waals surface area contributed by atoms with Crippen molar-refractivity contribution in [2.45, 2.75) is 40.5 Å². The van der Waals surface area contributed by atoms with E-state index in [0.29, 0.717) is 5.69 Å². The zero-order valence-electron chi connectivity index (χ0n) is 13.5. The number of aryl methyl sites for hydroxylation is 2. The molecule has 0 spiro atoms. The summed E-state index contributed by atoms with van der Waals surface area (Å²) in [5, 5.41) is 0. The van der Waals surface area contributed by atoms with Crippen LogP contribution in [0.25, 0.3) is 0 Å². The molecule has 112 valence electrons. The first kappa shape index (κ1) is 18.8. The zero-order valence-corrected chi connectivity index (χ0v) is 13.5. The number of nitrogens with zero attached hydrogens (tertiary/aromatic N) is 1. The minimum Gasteiger partial charge on any atom is -0.211 e. The molecule has 0 aliphatic heterocycles. The highest BCUT2D eigenvalue weighted by Crippen LogP contribution is 2.14. The lowest BCUT2D eigenvalue weighted by Crippen LogP contribution is -1.90.